The van der Waals surface area contributed by atoms with Gasteiger partial charge in [-0.05, 0) is 19.4 Å². The van der Waals surface area contributed by atoms with Crippen molar-refractivity contribution in [2.45, 2.75) is 40.4 Å². The van der Waals surface area contributed by atoms with Crippen LogP contribution in [-0.4, -0.2) is 56.7 Å². The van der Waals surface area contributed by atoms with Crippen molar-refractivity contribution >= 4 is 11.7 Å². The zero-order valence-corrected chi connectivity index (χ0v) is 19.1. The third-order valence-corrected chi connectivity index (χ3v) is 6.02. The first-order valence-electron chi connectivity index (χ1n) is 11.2. The Labute approximate surface area is 189 Å². The van der Waals surface area contributed by atoms with Gasteiger partial charge in [-0.1, -0.05) is 24.3 Å². The van der Waals surface area contributed by atoms with Gasteiger partial charge in [0.05, 0.1) is 6.20 Å². The molecule has 1 fully saturated rings. The molecule has 0 saturated carbocycles. The number of nitrogens with one attached hydrogen (secondary N) is 1. The molecule has 0 aliphatic carbocycles. The van der Waals surface area contributed by atoms with Gasteiger partial charge < -0.3 is 10.2 Å². The van der Waals surface area contributed by atoms with Gasteiger partial charge in [0, 0.05) is 82.0 Å². The Morgan fingerprint density at radius 1 is 1.06 bits per heavy atom. The summed E-state index contributed by atoms with van der Waals surface area (Å²) >= 11 is 0. The highest BCUT2D eigenvalue weighted by Gasteiger charge is 2.22. The van der Waals surface area contributed by atoms with E-state index in [1.165, 1.54) is 18.2 Å². The van der Waals surface area contributed by atoms with Crippen molar-refractivity contribution in [3.8, 4) is 11.3 Å². The number of hydrogen-bond donors (Lipinski definition) is 1. The van der Waals surface area contributed by atoms with Crippen LogP contribution in [-0.2, 0) is 24.4 Å². The van der Waals surface area contributed by atoms with Crippen LogP contribution in [0.4, 0.5) is 5.82 Å². The first-order valence-corrected chi connectivity index (χ1v) is 11.2. The number of aryl methyl sites for hydroxylation is 1. The van der Waals surface area contributed by atoms with Crippen LogP contribution in [0.1, 0.15) is 30.7 Å². The molecule has 1 saturated heterocycles. The third-order valence-electron chi connectivity index (χ3n) is 6.02. The number of amides is 1. The second-order valence-corrected chi connectivity index (χ2v) is 8.17. The van der Waals surface area contributed by atoms with E-state index in [2.05, 4.69) is 60.8 Å². The molecule has 8 heteroatoms. The van der Waals surface area contributed by atoms with Crippen LogP contribution in [0.2, 0.25) is 0 Å². The molecule has 3 heterocycles. The number of aromatic nitrogens is 4. The van der Waals surface area contributed by atoms with Crippen LogP contribution in [0, 0.1) is 6.92 Å². The maximum absolute atomic E-state index is 11.1. The summed E-state index contributed by atoms with van der Waals surface area (Å²) in [5.41, 5.74) is 5.55. The minimum Gasteiger partial charge on any atom is -0.352 e. The zero-order valence-electron chi connectivity index (χ0n) is 19.1. The summed E-state index contributed by atoms with van der Waals surface area (Å²) in [4.78, 5) is 25.3. The standard InChI is InChI=1S/C24H31N7O/c1-4-31-18(2)22(16-28-31)17-29-11-13-30(14-12-29)24-23(25-9-10-26-24)21-7-5-20(6-8-21)15-27-19(3)32/h5-10,16H,4,11-15,17H2,1-3H3,(H,27,32). The fourth-order valence-corrected chi connectivity index (χ4v) is 4.09. The smallest absolute Gasteiger partial charge is 0.217 e. The van der Waals surface area contributed by atoms with Crippen LogP contribution >= 0.6 is 0 Å². The highest BCUT2D eigenvalue weighted by molar-refractivity contribution is 5.73. The lowest BCUT2D eigenvalue weighted by molar-refractivity contribution is -0.119. The van der Waals surface area contributed by atoms with Gasteiger partial charge >= 0.3 is 0 Å². The molecule has 0 atom stereocenters. The van der Waals surface area contributed by atoms with E-state index in [0.29, 0.717) is 6.54 Å². The molecule has 8 nitrogen and oxygen atoms in total. The van der Waals surface area contributed by atoms with E-state index in [4.69, 9.17) is 0 Å². The molecule has 1 amide bonds. The Kier molecular flexibility index (Phi) is 6.80. The van der Waals surface area contributed by atoms with Crippen molar-refractivity contribution < 1.29 is 4.79 Å². The number of carbonyl (C=O) groups excluding carboxylic acids is 1. The normalized spacial score (nSPS) is 14.5. The molecule has 2 aromatic heterocycles. The van der Waals surface area contributed by atoms with Crippen molar-refractivity contribution in [1.29, 1.82) is 0 Å². The van der Waals surface area contributed by atoms with Crippen LogP contribution < -0.4 is 10.2 Å². The van der Waals surface area contributed by atoms with Crippen LogP contribution in [0.3, 0.4) is 0 Å². The van der Waals surface area contributed by atoms with Crippen LogP contribution in [0.15, 0.2) is 42.9 Å². The molecule has 0 spiro atoms. The summed E-state index contributed by atoms with van der Waals surface area (Å²) in [7, 11) is 0. The second-order valence-electron chi connectivity index (χ2n) is 8.17. The number of anilines is 1. The fraction of sp³-hybridized carbons (Fsp3) is 0.417. The molecule has 1 aromatic carbocycles. The maximum atomic E-state index is 11.1. The number of hydrogen-bond acceptors (Lipinski definition) is 6. The zero-order chi connectivity index (χ0) is 22.5. The second kappa shape index (κ2) is 9.91. The summed E-state index contributed by atoms with van der Waals surface area (Å²) in [5.74, 6) is 0.899. The summed E-state index contributed by atoms with van der Waals surface area (Å²) in [6.45, 7) is 11.9. The Morgan fingerprint density at radius 3 is 2.44 bits per heavy atom. The van der Waals surface area contributed by atoms with Crippen LogP contribution in [0.25, 0.3) is 11.3 Å². The highest BCUT2D eigenvalue weighted by atomic mass is 16.1. The molecule has 168 valence electrons. The molecule has 1 aliphatic rings. The van der Waals surface area contributed by atoms with Gasteiger partial charge in [-0.2, -0.15) is 5.10 Å². The lowest BCUT2D eigenvalue weighted by atomic mass is 10.1. The number of rotatable bonds is 7. The molecular weight excluding hydrogens is 402 g/mol. The van der Waals surface area contributed by atoms with Crippen molar-refractivity contribution in [2.24, 2.45) is 0 Å². The number of piperazine rings is 1. The van der Waals surface area contributed by atoms with Gasteiger partial charge in [-0.3, -0.25) is 19.4 Å². The monoisotopic (exact) mass is 433 g/mol. The lowest BCUT2D eigenvalue weighted by Gasteiger charge is -2.35. The Balaban J connectivity index is 1.42. The maximum Gasteiger partial charge on any atom is 0.217 e. The van der Waals surface area contributed by atoms with Crippen molar-refractivity contribution in [2.75, 3.05) is 31.1 Å². The molecule has 32 heavy (non-hydrogen) atoms. The number of benzene rings is 1. The van der Waals surface area contributed by atoms with E-state index in [0.717, 1.165) is 61.9 Å². The van der Waals surface area contributed by atoms with Gasteiger partial charge in [0.1, 0.15) is 5.69 Å². The Hall–Kier alpha value is -3.26. The molecule has 3 aromatic rings. The molecule has 0 radical (unpaired) electrons. The Bertz CT molecular complexity index is 1050. The molecule has 1 aliphatic heterocycles. The van der Waals surface area contributed by atoms with Crippen molar-refractivity contribution in [3.05, 3.63) is 59.7 Å². The predicted octanol–water partition coefficient (Wildman–Crippen LogP) is 2.63. The SMILES string of the molecule is CCn1ncc(CN2CCN(c3nccnc3-c3ccc(CNC(C)=O)cc3)CC2)c1C. The van der Waals surface area contributed by atoms with Crippen molar-refractivity contribution in [3.63, 3.8) is 0 Å². The summed E-state index contributed by atoms with van der Waals surface area (Å²) < 4.78 is 2.05. The van der Waals surface area contributed by atoms with Gasteiger partial charge in [0.2, 0.25) is 5.91 Å². The topological polar surface area (TPSA) is 79.2 Å². The lowest BCUT2D eigenvalue weighted by Crippen LogP contribution is -2.46. The van der Waals surface area contributed by atoms with E-state index >= 15 is 0 Å². The minimum absolute atomic E-state index is 0.0289. The molecular formula is C24H31N7O. The average molecular weight is 434 g/mol. The van der Waals surface area contributed by atoms with Crippen molar-refractivity contribution in [1.82, 2.24) is 30.0 Å². The Morgan fingerprint density at radius 2 is 1.78 bits per heavy atom. The molecule has 4 rings (SSSR count). The van der Waals surface area contributed by atoms with Gasteiger partial charge in [0.15, 0.2) is 5.82 Å². The molecule has 1 N–H and O–H groups in total. The summed E-state index contributed by atoms with van der Waals surface area (Å²) in [6, 6.07) is 8.16. The quantitative estimate of drug-likeness (QED) is 0.617. The average Bonchev–Trinajstić information content (AvgIpc) is 3.17. The molecule has 0 unspecified atom stereocenters. The van der Waals surface area contributed by atoms with E-state index < -0.39 is 0 Å². The fourth-order valence-electron chi connectivity index (χ4n) is 4.09. The van der Waals surface area contributed by atoms with Gasteiger partial charge in [0.25, 0.3) is 0 Å². The largest absolute Gasteiger partial charge is 0.352 e. The van der Waals surface area contributed by atoms with E-state index in [1.807, 2.05) is 18.3 Å². The first-order chi connectivity index (χ1) is 15.5. The van der Waals surface area contributed by atoms with E-state index in [9.17, 15) is 4.79 Å². The van der Waals surface area contributed by atoms with Gasteiger partial charge in [-0.25, -0.2) is 4.98 Å². The molecule has 0 bridgehead atoms. The highest BCUT2D eigenvalue weighted by Crippen LogP contribution is 2.28. The number of carbonyl (C=O) groups is 1. The van der Waals surface area contributed by atoms with E-state index in [-0.39, 0.29) is 5.91 Å². The third kappa shape index (κ3) is 4.96. The predicted molar refractivity (Wildman–Crippen MR) is 125 cm³/mol. The van der Waals surface area contributed by atoms with Gasteiger partial charge in [-0.15, -0.1) is 0 Å². The van der Waals surface area contributed by atoms with Crippen LogP contribution in [0.5, 0.6) is 0 Å². The number of nitrogens with zero attached hydrogens (tertiary/aromatic N) is 6. The first kappa shape index (κ1) is 22.0. The van der Waals surface area contributed by atoms with E-state index in [1.54, 1.807) is 12.4 Å². The minimum atomic E-state index is -0.0289. The summed E-state index contributed by atoms with van der Waals surface area (Å²) in [6.07, 6.45) is 5.51. The summed E-state index contributed by atoms with van der Waals surface area (Å²) in [5, 5.41) is 7.30.